The average molecular weight is 434 g/mol. The molecular formula is C27H32FN3O. The zero-order chi connectivity index (χ0) is 22.1. The first-order chi connectivity index (χ1) is 15.6. The average Bonchev–Trinajstić information content (AvgIpc) is 3.06. The zero-order valence-corrected chi connectivity index (χ0v) is 18.6. The third-order valence-corrected chi connectivity index (χ3v) is 7.29. The summed E-state index contributed by atoms with van der Waals surface area (Å²) in [5, 5.41) is 3.56. The fourth-order valence-electron chi connectivity index (χ4n) is 5.39. The molecule has 1 N–H and O–H groups in total. The molecule has 2 aromatic rings. The van der Waals surface area contributed by atoms with Crippen LogP contribution in [0.15, 0.2) is 60.8 Å². The van der Waals surface area contributed by atoms with E-state index in [9.17, 15) is 9.18 Å². The Morgan fingerprint density at radius 3 is 2.53 bits per heavy atom. The third-order valence-electron chi connectivity index (χ3n) is 7.29. The van der Waals surface area contributed by atoms with Gasteiger partial charge in [-0.05, 0) is 49.9 Å². The van der Waals surface area contributed by atoms with Gasteiger partial charge in [0.15, 0.2) is 0 Å². The lowest BCUT2D eigenvalue weighted by atomic mass is 9.93. The minimum Gasteiger partial charge on any atom is -0.328 e. The molecule has 0 saturated heterocycles. The molecular weight excluding hydrogens is 401 g/mol. The second kappa shape index (κ2) is 9.07. The summed E-state index contributed by atoms with van der Waals surface area (Å²) in [4.78, 5) is 18.0. The fourth-order valence-corrected chi connectivity index (χ4v) is 5.39. The van der Waals surface area contributed by atoms with Crippen molar-refractivity contribution >= 4 is 17.3 Å². The van der Waals surface area contributed by atoms with Crippen LogP contribution in [0.4, 0.5) is 15.8 Å². The molecule has 0 radical (unpaired) electrons. The molecule has 1 atom stereocenters. The van der Waals surface area contributed by atoms with Crippen molar-refractivity contribution in [2.45, 2.75) is 69.5 Å². The molecule has 2 aliphatic carbocycles. The summed E-state index contributed by atoms with van der Waals surface area (Å²) >= 11 is 0. The molecule has 2 saturated carbocycles. The molecule has 2 aromatic carbocycles. The number of hydrogen-bond acceptors (Lipinski definition) is 3. The number of amides is 1. The van der Waals surface area contributed by atoms with E-state index in [2.05, 4.69) is 18.0 Å². The van der Waals surface area contributed by atoms with Gasteiger partial charge in [0.25, 0.3) is 5.91 Å². The lowest BCUT2D eigenvalue weighted by molar-refractivity contribution is -0.119. The number of carbonyl (C=O) groups is 1. The van der Waals surface area contributed by atoms with Crippen LogP contribution in [-0.4, -0.2) is 24.5 Å². The van der Waals surface area contributed by atoms with Crippen molar-refractivity contribution in [1.82, 2.24) is 5.32 Å². The molecule has 3 aliphatic rings. The van der Waals surface area contributed by atoms with E-state index in [4.69, 9.17) is 0 Å². The standard InChI is InChI=1S/C27H32FN3O/c1-19(18-29-21-10-8-11-21)30(23-14-7-9-20(28)17-23)26-24-15-5-6-16-25(24)31(27(26)32)22-12-3-2-4-13-22/h5-7,9,14-17,21-22,26,29H,1-4,8,10-13,18H2. The molecule has 1 unspecified atom stereocenters. The van der Waals surface area contributed by atoms with Crippen LogP contribution >= 0.6 is 0 Å². The topological polar surface area (TPSA) is 35.6 Å². The van der Waals surface area contributed by atoms with Gasteiger partial charge in [-0.15, -0.1) is 0 Å². The predicted octanol–water partition coefficient (Wildman–Crippen LogP) is 5.71. The summed E-state index contributed by atoms with van der Waals surface area (Å²) < 4.78 is 14.2. The number of nitrogens with one attached hydrogen (secondary N) is 1. The second-order valence-electron chi connectivity index (χ2n) is 9.39. The number of anilines is 2. The summed E-state index contributed by atoms with van der Waals surface area (Å²) in [5.74, 6) is -0.234. The molecule has 0 bridgehead atoms. The number of nitrogens with zero attached hydrogens (tertiary/aromatic N) is 2. The Hall–Kier alpha value is -2.66. The molecule has 5 rings (SSSR count). The van der Waals surface area contributed by atoms with Gasteiger partial charge < -0.3 is 15.1 Å². The molecule has 1 aliphatic heterocycles. The zero-order valence-electron chi connectivity index (χ0n) is 18.6. The molecule has 1 heterocycles. The van der Waals surface area contributed by atoms with Crippen molar-refractivity contribution in [3.8, 4) is 0 Å². The lowest BCUT2D eigenvalue weighted by Gasteiger charge is -2.36. The number of halogens is 1. The largest absolute Gasteiger partial charge is 0.328 e. The van der Waals surface area contributed by atoms with Crippen molar-refractivity contribution in [3.05, 3.63) is 72.2 Å². The first-order valence-electron chi connectivity index (χ1n) is 12.0. The van der Waals surface area contributed by atoms with Crippen LogP contribution in [0, 0.1) is 5.82 Å². The number of hydrogen-bond donors (Lipinski definition) is 1. The van der Waals surface area contributed by atoms with Gasteiger partial charge in [0.2, 0.25) is 0 Å². The molecule has 168 valence electrons. The van der Waals surface area contributed by atoms with Crippen LogP contribution in [0.5, 0.6) is 0 Å². The third kappa shape index (κ3) is 3.95. The molecule has 5 heteroatoms. The number of rotatable bonds is 7. The molecule has 1 amide bonds. The Morgan fingerprint density at radius 1 is 1.03 bits per heavy atom. The SMILES string of the molecule is C=C(CNC1CCC1)N(c1cccc(F)c1)C1C(=O)N(C2CCCCC2)c2ccccc21. The van der Waals surface area contributed by atoms with E-state index in [1.165, 1.54) is 37.8 Å². The van der Waals surface area contributed by atoms with Crippen LogP contribution in [0.25, 0.3) is 0 Å². The maximum Gasteiger partial charge on any atom is 0.255 e. The van der Waals surface area contributed by atoms with Gasteiger partial charge in [0, 0.05) is 41.3 Å². The molecule has 4 nitrogen and oxygen atoms in total. The molecule has 0 spiro atoms. The Morgan fingerprint density at radius 2 is 1.81 bits per heavy atom. The van der Waals surface area contributed by atoms with Gasteiger partial charge >= 0.3 is 0 Å². The van der Waals surface area contributed by atoms with Gasteiger partial charge in [-0.1, -0.05) is 56.5 Å². The lowest BCUT2D eigenvalue weighted by Crippen LogP contribution is -2.45. The summed E-state index contributed by atoms with van der Waals surface area (Å²) in [7, 11) is 0. The van der Waals surface area contributed by atoms with E-state index in [1.807, 2.05) is 34.1 Å². The summed E-state index contributed by atoms with van der Waals surface area (Å²) in [6.45, 7) is 4.93. The summed E-state index contributed by atoms with van der Waals surface area (Å²) in [6, 6.07) is 14.8. The highest BCUT2D eigenvalue weighted by molar-refractivity contribution is 6.07. The normalized spacial score (nSPS) is 21.3. The van der Waals surface area contributed by atoms with Gasteiger partial charge in [0.1, 0.15) is 11.9 Å². The molecule has 32 heavy (non-hydrogen) atoms. The highest BCUT2D eigenvalue weighted by Crippen LogP contribution is 2.45. The fraction of sp³-hybridized carbons (Fsp3) is 0.444. The highest BCUT2D eigenvalue weighted by atomic mass is 19.1. The Labute approximate surface area is 190 Å². The Balaban J connectivity index is 1.52. The van der Waals surface area contributed by atoms with E-state index in [0.29, 0.717) is 18.3 Å². The molecule has 0 aromatic heterocycles. The number of benzene rings is 2. The predicted molar refractivity (Wildman–Crippen MR) is 127 cm³/mol. The van der Waals surface area contributed by atoms with E-state index >= 15 is 0 Å². The van der Waals surface area contributed by atoms with Gasteiger partial charge in [0.05, 0.1) is 0 Å². The first-order valence-corrected chi connectivity index (χ1v) is 12.0. The van der Waals surface area contributed by atoms with Gasteiger partial charge in [-0.2, -0.15) is 0 Å². The van der Waals surface area contributed by atoms with Gasteiger partial charge in [-0.3, -0.25) is 4.79 Å². The van der Waals surface area contributed by atoms with Crippen molar-refractivity contribution < 1.29 is 9.18 Å². The Kier molecular flexibility index (Phi) is 6.01. The first kappa shape index (κ1) is 21.2. The van der Waals surface area contributed by atoms with E-state index in [0.717, 1.165) is 42.6 Å². The minimum atomic E-state index is -0.523. The summed E-state index contributed by atoms with van der Waals surface area (Å²) in [5.41, 5.74) is 3.44. The minimum absolute atomic E-state index is 0.0761. The number of fused-ring (bicyclic) bond motifs is 1. The van der Waals surface area contributed by atoms with E-state index in [-0.39, 0.29) is 17.8 Å². The number of carbonyl (C=O) groups excluding carboxylic acids is 1. The summed E-state index contributed by atoms with van der Waals surface area (Å²) in [6.07, 6.45) is 9.24. The van der Waals surface area contributed by atoms with Gasteiger partial charge in [-0.25, -0.2) is 4.39 Å². The van der Waals surface area contributed by atoms with Crippen LogP contribution in [0.2, 0.25) is 0 Å². The van der Waals surface area contributed by atoms with E-state index in [1.54, 1.807) is 6.07 Å². The Bertz CT molecular complexity index is 996. The van der Waals surface area contributed by atoms with Crippen molar-refractivity contribution in [2.75, 3.05) is 16.3 Å². The second-order valence-corrected chi connectivity index (χ2v) is 9.39. The molecule has 2 fully saturated rings. The quantitative estimate of drug-likeness (QED) is 0.608. The smallest absolute Gasteiger partial charge is 0.255 e. The van der Waals surface area contributed by atoms with Crippen LogP contribution in [0.3, 0.4) is 0 Å². The highest BCUT2D eigenvalue weighted by Gasteiger charge is 2.44. The van der Waals surface area contributed by atoms with Crippen molar-refractivity contribution in [1.29, 1.82) is 0 Å². The van der Waals surface area contributed by atoms with Crippen LogP contribution in [0.1, 0.15) is 63.0 Å². The van der Waals surface area contributed by atoms with Crippen molar-refractivity contribution in [3.63, 3.8) is 0 Å². The maximum atomic E-state index is 14.2. The monoisotopic (exact) mass is 433 g/mol. The number of para-hydroxylation sites is 1. The van der Waals surface area contributed by atoms with E-state index < -0.39 is 6.04 Å². The van der Waals surface area contributed by atoms with Crippen LogP contribution in [-0.2, 0) is 4.79 Å². The maximum absolute atomic E-state index is 14.2. The van der Waals surface area contributed by atoms with Crippen molar-refractivity contribution in [2.24, 2.45) is 0 Å². The van der Waals surface area contributed by atoms with Crippen LogP contribution < -0.4 is 15.1 Å².